The van der Waals surface area contributed by atoms with Crippen LogP contribution in [0.1, 0.15) is 38.2 Å². The van der Waals surface area contributed by atoms with E-state index in [9.17, 15) is 14.4 Å². The van der Waals surface area contributed by atoms with E-state index in [1.807, 2.05) is 0 Å². The van der Waals surface area contributed by atoms with Crippen LogP contribution in [0, 0.1) is 11.8 Å². The lowest BCUT2D eigenvalue weighted by atomic mass is 9.79. The number of methoxy groups -OCH3 is 2. The number of ether oxygens (including phenoxy) is 3. The zero-order chi connectivity index (χ0) is 20.5. The maximum absolute atomic E-state index is 12.2. The van der Waals surface area contributed by atoms with Crippen molar-refractivity contribution in [2.75, 3.05) is 20.8 Å². The van der Waals surface area contributed by atoms with Crippen LogP contribution in [0.2, 0.25) is 0 Å². The highest BCUT2D eigenvalue weighted by Crippen LogP contribution is 2.31. The molecule has 0 radical (unpaired) electrons. The van der Waals surface area contributed by atoms with E-state index in [1.165, 1.54) is 27.2 Å². The Morgan fingerprint density at radius 3 is 2.57 bits per heavy atom. The van der Waals surface area contributed by atoms with Gasteiger partial charge in [0.2, 0.25) is 5.91 Å². The van der Waals surface area contributed by atoms with Crippen molar-refractivity contribution in [3.8, 4) is 11.5 Å². The van der Waals surface area contributed by atoms with E-state index in [0.29, 0.717) is 18.0 Å². The Hall–Kier alpha value is -2.83. The van der Waals surface area contributed by atoms with Crippen molar-refractivity contribution in [1.29, 1.82) is 0 Å². The fourth-order valence-corrected chi connectivity index (χ4v) is 3.40. The van der Waals surface area contributed by atoms with Gasteiger partial charge in [-0.2, -0.15) is 0 Å². The molecule has 152 valence electrons. The van der Waals surface area contributed by atoms with Gasteiger partial charge in [-0.1, -0.05) is 18.9 Å². The van der Waals surface area contributed by atoms with E-state index in [0.717, 1.165) is 31.2 Å². The molecule has 2 unspecified atom stereocenters. The normalized spacial score (nSPS) is 19.1. The third-order valence-electron chi connectivity index (χ3n) is 4.82. The molecular weight excluding hydrogens is 362 g/mol. The van der Waals surface area contributed by atoms with Crippen LogP contribution in [0.3, 0.4) is 0 Å². The first-order valence-electron chi connectivity index (χ1n) is 9.34. The van der Waals surface area contributed by atoms with Gasteiger partial charge in [0.05, 0.1) is 20.1 Å². The molecule has 28 heavy (non-hydrogen) atoms. The number of hydrogen-bond donors (Lipinski definition) is 1. The Morgan fingerprint density at radius 1 is 1.14 bits per heavy atom. The fraction of sp³-hybridized carbons (Fsp3) is 0.476. The van der Waals surface area contributed by atoms with E-state index < -0.39 is 5.97 Å². The second-order valence-corrected chi connectivity index (χ2v) is 6.76. The smallest absolute Gasteiger partial charge is 0.309 e. The Labute approximate surface area is 165 Å². The summed E-state index contributed by atoms with van der Waals surface area (Å²) in [6, 6.07) is 5.01. The van der Waals surface area contributed by atoms with Crippen molar-refractivity contribution < 1.29 is 28.6 Å². The summed E-state index contributed by atoms with van der Waals surface area (Å²) in [7, 11) is 2.88. The van der Waals surface area contributed by atoms with Gasteiger partial charge < -0.3 is 19.5 Å². The second kappa shape index (κ2) is 10.5. The molecule has 0 heterocycles. The monoisotopic (exact) mass is 389 g/mol. The zero-order valence-electron chi connectivity index (χ0n) is 16.5. The predicted molar refractivity (Wildman–Crippen MR) is 104 cm³/mol. The summed E-state index contributed by atoms with van der Waals surface area (Å²) >= 11 is 0. The summed E-state index contributed by atoms with van der Waals surface area (Å²) in [6.07, 6.45) is 6.84. The van der Waals surface area contributed by atoms with Gasteiger partial charge >= 0.3 is 11.9 Å². The number of carbonyl (C=O) groups excluding carboxylic acids is 3. The topological polar surface area (TPSA) is 90.9 Å². The lowest BCUT2D eigenvalue weighted by molar-refractivity contribution is -0.148. The van der Waals surface area contributed by atoms with E-state index in [-0.39, 0.29) is 23.7 Å². The standard InChI is InChI=1S/C21H27NO6/c1-14(23)28-18-10-8-15(12-19(18)26-2)9-11-20(24)22-13-16-6-4-5-7-17(16)21(25)27-3/h8-12,16-17H,4-7,13H2,1-3H3,(H,22,24)/b11-9+. The van der Waals surface area contributed by atoms with Crippen LogP contribution in [0.5, 0.6) is 11.5 Å². The van der Waals surface area contributed by atoms with E-state index >= 15 is 0 Å². The molecule has 1 aromatic rings. The van der Waals surface area contributed by atoms with Crippen molar-refractivity contribution in [2.45, 2.75) is 32.6 Å². The molecule has 7 nitrogen and oxygen atoms in total. The van der Waals surface area contributed by atoms with Crippen LogP contribution in [-0.4, -0.2) is 38.6 Å². The summed E-state index contributed by atoms with van der Waals surface area (Å²) in [5, 5.41) is 2.86. The van der Waals surface area contributed by atoms with Gasteiger partial charge in [-0.15, -0.1) is 0 Å². The van der Waals surface area contributed by atoms with Crippen LogP contribution in [0.15, 0.2) is 24.3 Å². The SMILES string of the molecule is COC(=O)C1CCCCC1CNC(=O)/C=C/c1ccc(OC(C)=O)c(OC)c1. The van der Waals surface area contributed by atoms with E-state index in [2.05, 4.69) is 5.32 Å². The van der Waals surface area contributed by atoms with Gasteiger partial charge in [-0.3, -0.25) is 14.4 Å². The molecule has 0 aliphatic heterocycles. The van der Waals surface area contributed by atoms with Crippen molar-refractivity contribution in [1.82, 2.24) is 5.32 Å². The highest BCUT2D eigenvalue weighted by molar-refractivity contribution is 5.91. The molecule has 1 aromatic carbocycles. The first kappa shape index (κ1) is 21.5. The van der Waals surface area contributed by atoms with Gasteiger partial charge in [0.15, 0.2) is 11.5 Å². The molecule has 0 aromatic heterocycles. The van der Waals surface area contributed by atoms with Crippen molar-refractivity contribution in [3.05, 3.63) is 29.8 Å². The summed E-state index contributed by atoms with van der Waals surface area (Å²) in [5.74, 6) is -0.202. The molecule has 0 bridgehead atoms. The first-order chi connectivity index (χ1) is 13.4. The molecule has 0 spiro atoms. The van der Waals surface area contributed by atoms with Crippen LogP contribution >= 0.6 is 0 Å². The Kier molecular flexibility index (Phi) is 8.04. The van der Waals surface area contributed by atoms with Crippen molar-refractivity contribution in [2.24, 2.45) is 11.8 Å². The summed E-state index contributed by atoms with van der Waals surface area (Å²) in [6.45, 7) is 1.76. The quantitative estimate of drug-likeness (QED) is 0.438. The minimum absolute atomic E-state index is 0.0988. The molecule has 1 aliphatic rings. The molecule has 1 fully saturated rings. The molecule has 1 aliphatic carbocycles. The van der Waals surface area contributed by atoms with Crippen LogP contribution in [0.4, 0.5) is 0 Å². The Morgan fingerprint density at radius 2 is 1.89 bits per heavy atom. The van der Waals surface area contributed by atoms with Gasteiger partial charge in [0, 0.05) is 19.5 Å². The summed E-state index contributed by atoms with van der Waals surface area (Å²) < 4.78 is 15.1. The maximum Gasteiger partial charge on any atom is 0.309 e. The largest absolute Gasteiger partial charge is 0.493 e. The molecular formula is C21H27NO6. The molecule has 1 N–H and O–H groups in total. The molecule has 2 rings (SSSR count). The van der Waals surface area contributed by atoms with Crippen molar-refractivity contribution >= 4 is 23.9 Å². The Bertz CT molecular complexity index is 742. The van der Waals surface area contributed by atoms with Gasteiger partial charge in [-0.05, 0) is 42.5 Å². The average molecular weight is 389 g/mol. The number of esters is 2. The number of hydrogen-bond acceptors (Lipinski definition) is 6. The van der Waals surface area contributed by atoms with Gasteiger partial charge in [0.25, 0.3) is 0 Å². The zero-order valence-corrected chi connectivity index (χ0v) is 16.5. The third-order valence-corrected chi connectivity index (χ3v) is 4.82. The summed E-state index contributed by atoms with van der Waals surface area (Å²) in [4.78, 5) is 35.1. The second-order valence-electron chi connectivity index (χ2n) is 6.76. The molecule has 7 heteroatoms. The fourth-order valence-electron chi connectivity index (χ4n) is 3.40. The van der Waals surface area contributed by atoms with E-state index in [4.69, 9.17) is 14.2 Å². The highest BCUT2D eigenvalue weighted by Gasteiger charge is 2.31. The van der Waals surface area contributed by atoms with Crippen LogP contribution < -0.4 is 14.8 Å². The highest BCUT2D eigenvalue weighted by atomic mass is 16.6. The van der Waals surface area contributed by atoms with Crippen LogP contribution in [-0.2, 0) is 19.1 Å². The number of rotatable bonds is 7. The predicted octanol–water partition coefficient (Wildman–Crippen LogP) is 2.73. The number of amides is 1. The summed E-state index contributed by atoms with van der Waals surface area (Å²) in [5.41, 5.74) is 0.730. The van der Waals surface area contributed by atoms with Crippen LogP contribution in [0.25, 0.3) is 6.08 Å². The molecule has 2 atom stereocenters. The van der Waals surface area contributed by atoms with Crippen molar-refractivity contribution in [3.63, 3.8) is 0 Å². The maximum atomic E-state index is 12.2. The first-order valence-corrected chi connectivity index (χ1v) is 9.34. The minimum atomic E-state index is -0.436. The third kappa shape index (κ3) is 6.11. The minimum Gasteiger partial charge on any atom is -0.493 e. The molecule has 1 amide bonds. The molecule has 0 saturated heterocycles. The lowest BCUT2D eigenvalue weighted by Crippen LogP contribution is -2.37. The average Bonchev–Trinajstić information content (AvgIpc) is 2.70. The Balaban J connectivity index is 1.94. The van der Waals surface area contributed by atoms with Gasteiger partial charge in [0.1, 0.15) is 0 Å². The number of carbonyl (C=O) groups is 3. The van der Waals surface area contributed by atoms with Gasteiger partial charge in [-0.25, -0.2) is 0 Å². The number of benzene rings is 1. The lowest BCUT2D eigenvalue weighted by Gasteiger charge is -2.29. The molecule has 1 saturated carbocycles. The number of nitrogens with one attached hydrogen (secondary N) is 1. The van der Waals surface area contributed by atoms with E-state index in [1.54, 1.807) is 24.3 Å².